The summed E-state index contributed by atoms with van der Waals surface area (Å²) in [5, 5.41) is 13.3. The average Bonchev–Trinajstić information content (AvgIpc) is 2.77. The van der Waals surface area contributed by atoms with Crippen molar-refractivity contribution in [1.82, 2.24) is 5.32 Å². The van der Waals surface area contributed by atoms with E-state index in [0.29, 0.717) is 38.1 Å². The number of aliphatic hydroxyl groups is 1. The van der Waals surface area contributed by atoms with Crippen molar-refractivity contribution in [2.45, 2.75) is 43.1 Å². The lowest BCUT2D eigenvalue weighted by molar-refractivity contribution is -0.144. The van der Waals surface area contributed by atoms with Gasteiger partial charge in [-0.1, -0.05) is 30.3 Å². The molecule has 2 aromatic carbocycles. The van der Waals surface area contributed by atoms with Crippen molar-refractivity contribution in [2.24, 2.45) is 0 Å². The molecule has 0 amide bonds. The van der Waals surface area contributed by atoms with Gasteiger partial charge in [0.2, 0.25) is 0 Å². The summed E-state index contributed by atoms with van der Waals surface area (Å²) in [4.78, 5) is 0. The fourth-order valence-electron chi connectivity index (χ4n) is 3.99. The number of aliphatic hydroxyl groups excluding tert-OH is 1. The van der Waals surface area contributed by atoms with Crippen molar-refractivity contribution in [2.75, 3.05) is 26.3 Å². The van der Waals surface area contributed by atoms with Crippen LogP contribution in [0.3, 0.4) is 0 Å². The summed E-state index contributed by atoms with van der Waals surface area (Å²) in [6, 6.07) is 10.7. The highest BCUT2D eigenvalue weighted by molar-refractivity contribution is 5.85. The molecule has 0 radical (unpaired) electrons. The Labute approximate surface area is 194 Å². The van der Waals surface area contributed by atoms with Gasteiger partial charge in [0.1, 0.15) is 5.60 Å². The van der Waals surface area contributed by atoms with E-state index in [1.807, 2.05) is 30.3 Å². The Morgan fingerprint density at radius 1 is 0.879 bits per heavy atom. The number of piperidine rings is 1. The molecule has 184 valence electrons. The maximum absolute atomic E-state index is 13.3. The monoisotopic (exact) mass is 497 g/mol. The Hall–Kier alpha value is -1.81. The number of alkyl halides is 6. The van der Waals surface area contributed by atoms with Crippen LogP contribution in [0.4, 0.5) is 26.3 Å². The van der Waals surface area contributed by atoms with E-state index in [0.717, 1.165) is 5.56 Å². The smallest absolute Gasteiger partial charge is 0.393 e. The normalized spacial score (nSPS) is 18.3. The summed E-state index contributed by atoms with van der Waals surface area (Å²) >= 11 is 0. The van der Waals surface area contributed by atoms with Gasteiger partial charge in [0.05, 0.1) is 24.3 Å². The van der Waals surface area contributed by atoms with E-state index in [9.17, 15) is 31.4 Å². The van der Waals surface area contributed by atoms with Crippen LogP contribution >= 0.6 is 12.4 Å². The molecule has 2 aromatic rings. The molecule has 1 atom stereocenters. The molecule has 0 saturated carbocycles. The minimum Gasteiger partial charge on any atom is -0.393 e. The third kappa shape index (κ3) is 6.20. The summed E-state index contributed by atoms with van der Waals surface area (Å²) in [6.45, 7) is 1.94. The second-order valence-corrected chi connectivity index (χ2v) is 8.37. The summed E-state index contributed by atoms with van der Waals surface area (Å²) in [5.41, 5.74) is -4.51. The Kier molecular flexibility index (Phi) is 8.49. The molecular formula is C23H26ClF6NO2. The molecule has 0 spiro atoms. The molecule has 33 heavy (non-hydrogen) atoms. The van der Waals surface area contributed by atoms with Crippen LogP contribution in [0.25, 0.3) is 0 Å². The van der Waals surface area contributed by atoms with Crippen molar-refractivity contribution < 1.29 is 36.2 Å². The van der Waals surface area contributed by atoms with E-state index in [2.05, 4.69) is 5.32 Å². The lowest BCUT2D eigenvalue weighted by Crippen LogP contribution is -2.45. The number of ether oxygens (including phenoxy) is 1. The first kappa shape index (κ1) is 27.4. The lowest BCUT2D eigenvalue weighted by Gasteiger charge is -2.41. The molecule has 0 bridgehead atoms. The van der Waals surface area contributed by atoms with Crippen molar-refractivity contribution in [3.63, 3.8) is 0 Å². The van der Waals surface area contributed by atoms with Gasteiger partial charge in [-0.15, -0.1) is 12.4 Å². The third-order valence-corrected chi connectivity index (χ3v) is 6.11. The van der Waals surface area contributed by atoms with E-state index in [-0.39, 0.29) is 30.6 Å². The minimum absolute atomic E-state index is 0. The van der Waals surface area contributed by atoms with Crippen molar-refractivity contribution in [1.29, 1.82) is 0 Å². The zero-order chi connectivity index (χ0) is 23.6. The number of rotatable bonds is 6. The van der Waals surface area contributed by atoms with E-state index < -0.39 is 41.1 Å². The molecule has 1 saturated heterocycles. The zero-order valence-corrected chi connectivity index (χ0v) is 18.7. The summed E-state index contributed by atoms with van der Waals surface area (Å²) in [5.74, 6) is 0. The number of hydrogen-bond acceptors (Lipinski definition) is 3. The van der Waals surface area contributed by atoms with Crippen LogP contribution in [0.5, 0.6) is 0 Å². The van der Waals surface area contributed by atoms with Gasteiger partial charge < -0.3 is 15.2 Å². The highest BCUT2D eigenvalue weighted by Crippen LogP contribution is 2.41. The number of hydrogen-bond donors (Lipinski definition) is 2. The van der Waals surface area contributed by atoms with Gasteiger partial charge in [0, 0.05) is 5.41 Å². The van der Waals surface area contributed by atoms with Gasteiger partial charge in [-0.2, -0.15) is 26.3 Å². The van der Waals surface area contributed by atoms with E-state index in [4.69, 9.17) is 4.74 Å². The highest BCUT2D eigenvalue weighted by atomic mass is 35.5. The number of halogens is 7. The largest absolute Gasteiger partial charge is 0.416 e. The predicted molar refractivity (Wildman–Crippen MR) is 114 cm³/mol. The van der Waals surface area contributed by atoms with Gasteiger partial charge in [-0.25, -0.2) is 0 Å². The maximum atomic E-state index is 13.3. The van der Waals surface area contributed by atoms with Crippen LogP contribution in [0.2, 0.25) is 0 Å². The van der Waals surface area contributed by atoms with E-state index in [1.165, 1.54) is 6.92 Å². The molecule has 0 aromatic heterocycles. The zero-order valence-electron chi connectivity index (χ0n) is 17.9. The molecule has 3 rings (SSSR count). The van der Waals surface area contributed by atoms with Gasteiger partial charge in [-0.05, 0) is 62.2 Å². The molecule has 10 heteroatoms. The van der Waals surface area contributed by atoms with Gasteiger partial charge >= 0.3 is 12.4 Å². The van der Waals surface area contributed by atoms with E-state index in [1.54, 1.807) is 0 Å². The van der Waals surface area contributed by atoms with Crippen LogP contribution in [0.15, 0.2) is 48.5 Å². The predicted octanol–water partition coefficient (Wildman–Crippen LogP) is 5.69. The molecule has 1 aliphatic heterocycles. The van der Waals surface area contributed by atoms with Crippen molar-refractivity contribution in [3.05, 3.63) is 70.8 Å². The summed E-state index contributed by atoms with van der Waals surface area (Å²) < 4.78 is 85.8. The fraction of sp³-hybridized carbons (Fsp3) is 0.478. The quantitative estimate of drug-likeness (QED) is 0.504. The Morgan fingerprint density at radius 3 is 1.82 bits per heavy atom. The van der Waals surface area contributed by atoms with Crippen molar-refractivity contribution >= 4 is 12.4 Å². The molecule has 0 aliphatic carbocycles. The average molecular weight is 498 g/mol. The molecule has 1 unspecified atom stereocenters. The molecule has 1 fully saturated rings. The van der Waals surface area contributed by atoms with Crippen LogP contribution < -0.4 is 5.32 Å². The van der Waals surface area contributed by atoms with Crippen LogP contribution in [-0.4, -0.2) is 31.4 Å². The Morgan fingerprint density at radius 2 is 1.36 bits per heavy atom. The second kappa shape index (κ2) is 10.2. The first-order valence-electron chi connectivity index (χ1n) is 10.2. The summed E-state index contributed by atoms with van der Waals surface area (Å²) in [6.07, 6.45) is -8.61. The Bertz CT molecular complexity index is 881. The lowest BCUT2D eigenvalue weighted by atomic mass is 9.73. The molecule has 2 N–H and O–H groups in total. The van der Waals surface area contributed by atoms with Gasteiger partial charge in [0.15, 0.2) is 0 Å². The van der Waals surface area contributed by atoms with Gasteiger partial charge in [-0.3, -0.25) is 0 Å². The molecule has 1 aliphatic rings. The number of benzene rings is 2. The van der Waals surface area contributed by atoms with E-state index >= 15 is 0 Å². The van der Waals surface area contributed by atoms with Crippen LogP contribution in [-0.2, 0) is 28.1 Å². The van der Waals surface area contributed by atoms with Crippen LogP contribution in [0, 0.1) is 0 Å². The third-order valence-electron chi connectivity index (χ3n) is 6.11. The topological polar surface area (TPSA) is 41.5 Å². The minimum atomic E-state index is -4.98. The fourth-order valence-corrected chi connectivity index (χ4v) is 3.99. The highest BCUT2D eigenvalue weighted by Gasteiger charge is 2.41. The maximum Gasteiger partial charge on any atom is 0.416 e. The van der Waals surface area contributed by atoms with Gasteiger partial charge in [0.25, 0.3) is 0 Å². The SMILES string of the molecule is CC(CO)(OCC1(c2ccccc2)CCNCC1)c1cc(C(F)(F)F)cc(C(F)(F)F)c1.Cl. The number of nitrogens with one attached hydrogen (secondary N) is 1. The Balaban J connectivity index is 0.00000385. The molecular weight excluding hydrogens is 472 g/mol. The van der Waals surface area contributed by atoms with Crippen LogP contribution in [0.1, 0.15) is 42.0 Å². The van der Waals surface area contributed by atoms with Crippen molar-refractivity contribution in [3.8, 4) is 0 Å². The molecule has 1 heterocycles. The first-order valence-corrected chi connectivity index (χ1v) is 10.2. The summed E-state index contributed by atoms with van der Waals surface area (Å²) in [7, 11) is 0. The standard InChI is InChI=1S/C23H25F6NO2.ClH/c1-20(14-31,17-11-18(22(24,25)26)13-19(12-17)23(27,28)29)32-15-21(7-9-30-10-8-21)16-5-3-2-4-6-16;/h2-6,11-13,30-31H,7-10,14-15H2,1H3;1H. The molecule has 3 nitrogen and oxygen atoms in total. The second-order valence-electron chi connectivity index (χ2n) is 8.37. The first-order chi connectivity index (χ1) is 14.9.